The van der Waals surface area contributed by atoms with Gasteiger partial charge in [0.05, 0.1) is 16.5 Å². The topological polar surface area (TPSA) is 120 Å². The monoisotopic (exact) mass is 546 g/mol. The molecule has 202 valence electrons. The molecule has 3 aromatic rings. The molecule has 3 aromatic carbocycles. The lowest BCUT2D eigenvalue weighted by molar-refractivity contribution is -0.134. The Hall–Kier alpha value is -4.20. The van der Waals surface area contributed by atoms with Crippen LogP contribution in [0.2, 0.25) is 0 Å². The summed E-state index contributed by atoms with van der Waals surface area (Å²) in [7, 11) is -4.00. The number of carbonyl (C=O) groups is 2. The summed E-state index contributed by atoms with van der Waals surface area (Å²) >= 11 is 0. The molecule has 1 atom stereocenters. The molecule has 0 saturated carbocycles. The van der Waals surface area contributed by atoms with Crippen LogP contribution in [-0.4, -0.2) is 62.4 Å². The number of aryl methyl sites for hydroxylation is 1. The average molecular weight is 547 g/mol. The lowest BCUT2D eigenvalue weighted by Crippen LogP contribution is -2.56. The van der Waals surface area contributed by atoms with Crippen molar-refractivity contribution in [1.82, 2.24) is 14.5 Å². The van der Waals surface area contributed by atoms with Crippen LogP contribution in [0.5, 0.6) is 0 Å². The number of hydrogen-bond acceptors (Lipinski definition) is 6. The Labute approximate surface area is 228 Å². The van der Waals surface area contributed by atoms with Crippen molar-refractivity contribution in [2.24, 2.45) is 0 Å². The maximum atomic E-state index is 13.6. The van der Waals surface area contributed by atoms with E-state index < -0.39 is 28.1 Å². The average Bonchev–Trinajstić information content (AvgIpc) is 2.96. The van der Waals surface area contributed by atoms with Gasteiger partial charge in [0.2, 0.25) is 15.9 Å². The zero-order chi connectivity index (χ0) is 27.8. The second kappa shape index (κ2) is 12.6. The summed E-state index contributed by atoms with van der Waals surface area (Å²) in [6.45, 7) is 3.01. The quantitative estimate of drug-likeness (QED) is 0.463. The molecule has 1 saturated heterocycles. The number of sulfonamides is 1. The van der Waals surface area contributed by atoms with Crippen LogP contribution in [0, 0.1) is 18.3 Å². The number of rotatable bonds is 8. The molecule has 0 aromatic heterocycles. The fourth-order valence-electron chi connectivity index (χ4n) is 4.30. The maximum absolute atomic E-state index is 13.6. The summed E-state index contributed by atoms with van der Waals surface area (Å²) in [4.78, 5) is 29.3. The first-order valence-electron chi connectivity index (χ1n) is 12.6. The summed E-state index contributed by atoms with van der Waals surface area (Å²) in [6, 6.07) is 23.4. The van der Waals surface area contributed by atoms with E-state index in [-0.39, 0.29) is 44.1 Å². The molecule has 4 rings (SSSR count). The van der Waals surface area contributed by atoms with E-state index in [0.717, 1.165) is 11.1 Å². The van der Waals surface area contributed by atoms with E-state index in [0.29, 0.717) is 11.1 Å². The predicted octanol–water partition coefficient (Wildman–Crippen LogP) is 3.24. The van der Waals surface area contributed by atoms with Crippen molar-refractivity contribution in [2.75, 3.05) is 26.2 Å². The van der Waals surface area contributed by atoms with E-state index in [2.05, 4.69) is 10.8 Å². The molecule has 39 heavy (non-hydrogen) atoms. The van der Waals surface area contributed by atoms with E-state index in [1.807, 2.05) is 37.3 Å². The zero-order valence-electron chi connectivity index (χ0n) is 21.6. The number of nitrogens with one attached hydrogen (secondary N) is 1. The third-order valence-electron chi connectivity index (χ3n) is 6.48. The number of carbonyl (C=O) groups excluding carboxylic acids is 2. The van der Waals surface area contributed by atoms with Crippen molar-refractivity contribution in [1.29, 1.82) is 5.26 Å². The minimum atomic E-state index is -4.00. The molecule has 1 aliphatic heterocycles. The van der Waals surface area contributed by atoms with E-state index >= 15 is 0 Å². The van der Waals surface area contributed by atoms with Crippen LogP contribution in [0.1, 0.15) is 22.3 Å². The first kappa shape index (κ1) is 27.8. The summed E-state index contributed by atoms with van der Waals surface area (Å²) in [5, 5.41) is 9.26. The molecular weight excluding hydrogens is 516 g/mol. The van der Waals surface area contributed by atoms with Gasteiger partial charge in [-0.1, -0.05) is 60.2 Å². The van der Waals surface area contributed by atoms with Gasteiger partial charge in [0.15, 0.2) is 0 Å². The van der Waals surface area contributed by atoms with E-state index in [1.54, 1.807) is 41.3 Å². The number of benzene rings is 3. The summed E-state index contributed by atoms with van der Waals surface area (Å²) < 4.78 is 34.3. The molecule has 2 amide bonds. The molecule has 0 bridgehead atoms. The van der Waals surface area contributed by atoms with Gasteiger partial charge in [0.25, 0.3) is 0 Å². The van der Waals surface area contributed by atoms with Gasteiger partial charge in [-0.15, -0.1) is 0 Å². The standard InChI is InChI=1S/C29H30N4O5S/c1-22-10-12-26(13-11-22)39(36,37)31-27(19-24-8-5-9-25(18-24)20-30)28(34)32-14-16-33(17-15-32)29(35)38-21-23-6-3-2-4-7-23/h2-13,18,27,31H,14-17,19,21H2,1H3/t27-/m0/s1. The second-order valence-corrected chi connectivity index (χ2v) is 11.1. The fourth-order valence-corrected chi connectivity index (χ4v) is 5.49. The lowest BCUT2D eigenvalue weighted by atomic mass is 10.0. The van der Waals surface area contributed by atoms with Crippen LogP contribution in [0.4, 0.5) is 4.79 Å². The number of nitrogens with zero attached hydrogens (tertiary/aromatic N) is 3. The van der Waals surface area contributed by atoms with Crippen molar-refractivity contribution in [3.63, 3.8) is 0 Å². The van der Waals surface area contributed by atoms with Gasteiger partial charge in [0, 0.05) is 26.2 Å². The molecule has 1 N–H and O–H groups in total. The highest BCUT2D eigenvalue weighted by Gasteiger charge is 2.32. The van der Waals surface area contributed by atoms with Crippen LogP contribution >= 0.6 is 0 Å². The predicted molar refractivity (Wildman–Crippen MR) is 145 cm³/mol. The van der Waals surface area contributed by atoms with Gasteiger partial charge >= 0.3 is 6.09 Å². The van der Waals surface area contributed by atoms with Crippen molar-refractivity contribution in [2.45, 2.75) is 30.9 Å². The Balaban J connectivity index is 1.44. The minimum absolute atomic E-state index is 0.0580. The first-order valence-corrected chi connectivity index (χ1v) is 14.1. The lowest BCUT2D eigenvalue weighted by Gasteiger charge is -2.36. The van der Waals surface area contributed by atoms with Crippen molar-refractivity contribution in [3.8, 4) is 6.07 Å². The highest BCUT2D eigenvalue weighted by molar-refractivity contribution is 7.89. The van der Waals surface area contributed by atoms with E-state index in [1.165, 1.54) is 17.0 Å². The summed E-state index contributed by atoms with van der Waals surface area (Å²) in [6.07, 6.45) is -0.394. The molecule has 0 aliphatic carbocycles. The summed E-state index contributed by atoms with van der Waals surface area (Å²) in [5.41, 5.74) is 2.86. The Bertz CT molecular complexity index is 1440. The molecule has 0 radical (unpaired) electrons. The molecule has 0 unspecified atom stereocenters. The van der Waals surface area contributed by atoms with Gasteiger partial charge in [0.1, 0.15) is 12.6 Å². The van der Waals surface area contributed by atoms with Crippen LogP contribution < -0.4 is 4.72 Å². The van der Waals surface area contributed by atoms with Crippen molar-refractivity contribution in [3.05, 3.63) is 101 Å². The molecule has 9 nitrogen and oxygen atoms in total. The normalized spacial score (nSPS) is 14.4. The molecule has 10 heteroatoms. The maximum Gasteiger partial charge on any atom is 0.410 e. The first-order chi connectivity index (χ1) is 18.7. The second-order valence-electron chi connectivity index (χ2n) is 9.36. The molecular formula is C29H30N4O5S. The molecule has 0 spiro atoms. The van der Waals surface area contributed by atoms with E-state index in [9.17, 15) is 23.3 Å². The van der Waals surface area contributed by atoms with Gasteiger partial charge < -0.3 is 14.5 Å². The van der Waals surface area contributed by atoms with Crippen molar-refractivity contribution >= 4 is 22.0 Å². The Morgan fingerprint density at radius 3 is 2.23 bits per heavy atom. The molecule has 1 aliphatic rings. The third-order valence-corrected chi connectivity index (χ3v) is 7.96. The van der Waals surface area contributed by atoms with Crippen LogP contribution in [0.25, 0.3) is 0 Å². The Morgan fingerprint density at radius 1 is 0.923 bits per heavy atom. The molecule has 1 fully saturated rings. The van der Waals surface area contributed by atoms with Crippen LogP contribution in [0.3, 0.4) is 0 Å². The smallest absolute Gasteiger partial charge is 0.410 e. The van der Waals surface area contributed by atoms with Gasteiger partial charge in [-0.3, -0.25) is 4.79 Å². The largest absolute Gasteiger partial charge is 0.445 e. The van der Waals surface area contributed by atoms with Gasteiger partial charge in [-0.2, -0.15) is 9.98 Å². The number of hydrogen-bond donors (Lipinski definition) is 1. The number of nitriles is 1. The Kier molecular flexibility index (Phi) is 8.96. The SMILES string of the molecule is Cc1ccc(S(=O)(=O)N[C@@H](Cc2cccc(C#N)c2)C(=O)N2CCN(C(=O)OCc3ccccc3)CC2)cc1. The fraction of sp³-hybridized carbons (Fsp3) is 0.276. The van der Waals surface area contributed by atoms with Crippen molar-refractivity contribution < 1.29 is 22.7 Å². The van der Waals surface area contributed by atoms with Crippen LogP contribution in [-0.2, 0) is 32.6 Å². The molecule has 1 heterocycles. The Morgan fingerprint density at radius 2 is 1.56 bits per heavy atom. The van der Waals surface area contributed by atoms with E-state index in [4.69, 9.17) is 4.74 Å². The van der Waals surface area contributed by atoms with Gasteiger partial charge in [-0.05, 0) is 48.7 Å². The number of piperazine rings is 1. The zero-order valence-corrected chi connectivity index (χ0v) is 22.4. The highest BCUT2D eigenvalue weighted by atomic mass is 32.2. The summed E-state index contributed by atoms with van der Waals surface area (Å²) in [5.74, 6) is -0.398. The highest BCUT2D eigenvalue weighted by Crippen LogP contribution is 2.16. The number of ether oxygens (including phenoxy) is 1. The number of amides is 2. The third kappa shape index (κ3) is 7.44. The van der Waals surface area contributed by atoms with Gasteiger partial charge in [-0.25, -0.2) is 13.2 Å². The minimum Gasteiger partial charge on any atom is -0.445 e. The van der Waals surface area contributed by atoms with Crippen LogP contribution in [0.15, 0.2) is 83.8 Å².